The van der Waals surface area contributed by atoms with Gasteiger partial charge in [-0.15, -0.1) is 11.3 Å². The van der Waals surface area contributed by atoms with Gasteiger partial charge in [-0.1, -0.05) is 0 Å². The van der Waals surface area contributed by atoms with E-state index in [0.717, 1.165) is 16.1 Å². The smallest absolute Gasteiger partial charge is 0.248 e. The van der Waals surface area contributed by atoms with E-state index in [9.17, 15) is 4.79 Å². The van der Waals surface area contributed by atoms with Crippen LogP contribution in [0.4, 0.5) is 0 Å². The molecule has 0 spiro atoms. The summed E-state index contributed by atoms with van der Waals surface area (Å²) in [7, 11) is 0. The van der Waals surface area contributed by atoms with Crippen molar-refractivity contribution in [2.24, 2.45) is 11.7 Å². The Hall–Kier alpha value is -1.46. The Labute approximate surface area is 128 Å². The lowest BCUT2D eigenvalue weighted by atomic mass is 9.75. The fourth-order valence-corrected chi connectivity index (χ4v) is 5.20. The average Bonchev–Trinajstić information content (AvgIpc) is 2.90. The molecule has 0 unspecified atom stereocenters. The maximum atomic E-state index is 11.3. The molecule has 1 aromatic carbocycles. The molecule has 0 aliphatic carbocycles. The van der Waals surface area contributed by atoms with Crippen molar-refractivity contribution in [2.45, 2.75) is 31.7 Å². The molecule has 3 saturated heterocycles. The second-order valence-corrected chi connectivity index (χ2v) is 7.30. The van der Waals surface area contributed by atoms with Crippen molar-refractivity contribution in [3.8, 4) is 0 Å². The van der Waals surface area contributed by atoms with Crippen LogP contribution < -0.4 is 5.73 Å². The minimum absolute atomic E-state index is 0.386. The minimum atomic E-state index is -0.386. The molecule has 1 aromatic heterocycles. The number of amides is 1. The van der Waals surface area contributed by atoms with Crippen LogP contribution in [-0.2, 0) is 0 Å². The van der Waals surface area contributed by atoms with Crippen LogP contribution in [0.5, 0.6) is 0 Å². The molecular weight excluding hydrogens is 282 g/mol. The van der Waals surface area contributed by atoms with Gasteiger partial charge in [0.2, 0.25) is 5.91 Å². The highest BCUT2D eigenvalue weighted by Gasteiger charge is 2.41. The molecule has 2 bridgehead atoms. The van der Waals surface area contributed by atoms with Gasteiger partial charge in [0.15, 0.2) is 0 Å². The average molecular weight is 301 g/mol. The zero-order chi connectivity index (χ0) is 14.6. The Morgan fingerprint density at radius 2 is 2.14 bits per heavy atom. The second-order valence-electron chi connectivity index (χ2n) is 6.24. The largest absolute Gasteiger partial charge is 0.366 e. The van der Waals surface area contributed by atoms with E-state index in [1.54, 1.807) is 17.4 Å². The summed E-state index contributed by atoms with van der Waals surface area (Å²) in [5.74, 6) is 0.922. The van der Waals surface area contributed by atoms with Gasteiger partial charge >= 0.3 is 0 Å². The summed E-state index contributed by atoms with van der Waals surface area (Å²) in [5.41, 5.74) is 6.81. The van der Waals surface area contributed by atoms with Crippen LogP contribution in [0.25, 0.3) is 10.2 Å². The predicted molar refractivity (Wildman–Crippen MR) is 84.6 cm³/mol. The lowest BCUT2D eigenvalue weighted by molar-refractivity contribution is 0.0350. The molecule has 4 nitrogen and oxygen atoms in total. The van der Waals surface area contributed by atoms with Gasteiger partial charge in [-0.25, -0.2) is 4.98 Å². The molecule has 0 radical (unpaired) electrons. The van der Waals surface area contributed by atoms with E-state index >= 15 is 0 Å². The summed E-state index contributed by atoms with van der Waals surface area (Å²) in [6, 6.07) is 6.17. The van der Waals surface area contributed by atoms with Crippen LogP contribution in [-0.4, -0.2) is 34.9 Å². The maximum absolute atomic E-state index is 11.3. The number of primary amides is 1. The number of fused-ring (bicyclic) bond motifs is 4. The minimum Gasteiger partial charge on any atom is -0.366 e. The summed E-state index contributed by atoms with van der Waals surface area (Å²) in [6.07, 6.45) is 2.58. The monoisotopic (exact) mass is 301 g/mol. The number of thiazole rings is 1. The second kappa shape index (κ2) is 4.78. The Kier molecular flexibility index (Phi) is 3.01. The first kappa shape index (κ1) is 13.2. The molecule has 0 saturated carbocycles. The fraction of sp³-hybridized carbons (Fsp3) is 0.500. The Bertz CT molecular complexity index is 701. The van der Waals surface area contributed by atoms with Gasteiger partial charge in [0.1, 0.15) is 0 Å². The summed E-state index contributed by atoms with van der Waals surface area (Å²) in [4.78, 5) is 18.7. The standard InChI is InChI=1S/C16H19N3OS/c1-9-14(10-4-6-19(9)7-5-10)16-18-12-8-11(15(17)20)2-3-13(12)21-16/h2-3,8-10,14H,4-7H2,1H3,(H2,17,20)/t9-,14-/m0/s1. The zero-order valence-corrected chi connectivity index (χ0v) is 12.9. The molecule has 4 heterocycles. The fourth-order valence-electron chi connectivity index (χ4n) is 3.96. The van der Waals surface area contributed by atoms with Crippen LogP contribution in [0, 0.1) is 5.92 Å². The molecule has 3 aliphatic rings. The highest BCUT2D eigenvalue weighted by Crippen LogP contribution is 2.45. The van der Waals surface area contributed by atoms with Crippen molar-refractivity contribution < 1.29 is 4.79 Å². The highest BCUT2D eigenvalue weighted by atomic mass is 32.1. The van der Waals surface area contributed by atoms with Gasteiger partial charge in [-0.05, 0) is 57.0 Å². The number of hydrogen-bond donors (Lipinski definition) is 1. The highest BCUT2D eigenvalue weighted by molar-refractivity contribution is 7.18. The van der Waals surface area contributed by atoms with Crippen molar-refractivity contribution in [3.05, 3.63) is 28.8 Å². The molecule has 2 atom stereocenters. The maximum Gasteiger partial charge on any atom is 0.248 e. The topological polar surface area (TPSA) is 59.2 Å². The quantitative estimate of drug-likeness (QED) is 0.927. The van der Waals surface area contributed by atoms with Crippen molar-refractivity contribution in [1.82, 2.24) is 9.88 Å². The Morgan fingerprint density at radius 3 is 2.81 bits per heavy atom. The number of aromatic nitrogens is 1. The molecule has 110 valence electrons. The number of carbonyl (C=O) groups excluding carboxylic acids is 1. The van der Waals surface area contributed by atoms with E-state index in [4.69, 9.17) is 10.7 Å². The third-order valence-corrected chi connectivity index (χ3v) is 6.29. The summed E-state index contributed by atoms with van der Waals surface area (Å²) >= 11 is 1.78. The molecule has 3 aliphatic heterocycles. The van der Waals surface area contributed by atoms with Gasteiger partial charge in [-0.3, -0.25) is 9.69 Å². The van der Waals surface area contributed by atoms with Gasteiger partial charge in [0, 0.05) is 17.5 Å². The van der Waals surface area contributed by atoms with E-state index in [2.05, 4.69) is 11.8 Å². The van der Waals surface area contributed by atoms with Gasteiger partial charge in [0.25, 0.3) is 0 Å². The Balaban J connectivity index is 1.75. The zero-order valence-electron chi connectivity index (χ0n) is 12.1. The number of nitrogens with two attached hydrogens (primary N) is 1. The first-order valence-corrected chi connectivity index (χ1v) is 8.39. The molecular formula is C16H19N3OS. The van der Waals surface area contributed by atoms with Gasteiger partial charge in [0.05, 0.1) is 15.2 Å². The molecule has 5 heteroatoms. The molecule has 2 N–H and O–H groups in total. The van der Waals surface area contributed by atoms with E-state index in [-0.39, 0.29) is 5.91 Å². The van der Waals surface area contributed by atoms with E-state index in [0.29, 0.717) is 17.5 Å². The number of hydrogen-bond acceptors (Lipinski definition) is 4. The molecule has 2 aromatic rings. The van der Waals surface area contributed by atoms with E-state index in [1.165, 1.54) is 30.9 Å². The lowest BCUT2D eigenvalue weighted by Gasteiger charge is -2.49. The van der Waals surface area contributed by atoms with Gasteiger partial charge in [-0.2, -0.15) is 0 Å². The van der Waals surface area contributed by atoms with Crippen LogP contribution in [0.2, 0.25) is 0 Å². The lowest BCUT2D eigenvalue weighted by Crippen LogP contribution is -2.52. The van der Waals surface area contributed by atoms with Crippen molar-refractivity contribution in [3.63, 3.8) is 0 Å². The molecule has 21 heavy (non-hydrogen) atoms. The first-order valence-electron chi connectivity index (χ1n) is 7.58. The summed E-state index contributed by atoms with van der Waals surface area (Å²) in [5, 5.41) is 1.23. The van der Waals surface area contributed by atoms with Gasteiger partial charge < -0.3 is 5.73 Å². The number of nitrogens with zero attached hydrogens (tertiary/aromatic N) is 2. The van der Waals surface area contributed by atoms with Crippen LogP contribution in [0.3, 0.4) is 0 Å². The predicted octanol–water partition coefficient (Wildman–Crippen LogP) is 2.59. The van der Waals surface area contributed by atoms with E-state index < -0.39 is 0 Å². The van der Waals surface area contributed by atoms with Crippen molar-refractivity contribution >= 4 is 27.5 Å². The number of benzene rings is 1. The van der Waals surface area contributed by atoms with Crippen LogP contribution in [0.1, 0.15) is 41.0 Å². The molecule has 1 amide bonds. The van der Waals surface area contributed by atoms with E-state index in [1.807, 2.05) is 12.1 Å². The Morgan fingerprint density at radius 1 is 1.38 bits per heavy atom. The number of rotatable bonds is 2. The molecule has 5 rings (SSSR count). The third kappa shape index (κ3) is 2.07. The van der Waals surface area contributed by atoms with Crippen molar-refractivity contribution in [2.75, 3.05) is 13.1 Å². The normalized spacial score (nSPS) is 31.7. The number of carbonyl (C=O) groups is 1. The summed E-state index contributed by atoms with van der Waals surface area (Å²) < 4.78 is 1.15. The number of piperidine rings is 3. The van der Waals surface area contributed by atoms with Crippen molar-refractivity contribution in [1.29, 1.82) is 0 Å². The van der Waals surface area contributed by atoms with Crippen LogP contribution >= 0.6 is 11.3 Å². The van der Waals surface area contributed by atoms with Crippen LogP contribution in [0.15, 0.2) is 18.2 Å². The third-order valence-electron chi connectivity index (χ3n) is 5.15. The summed E-state index contributed by atoms with van der Waals surface area (Å²) in [6.45, 7) is 4.80. The molecule has 3 fully saturated rings. The SMILES string of the molecule is C[C@H]1[C@H](c2nc3cc(C(N)=O)ccc3s2)C2CCN1CC2. The first-order chi connectivity index (χ1) is 10.1.